The number of likely N-dealkylation sites (tertiary alicyclic amines) is 1. The Morgan fingerprint density at radius 1 is 1.39 bits per heavy atom. The Kier molecular flexibility index (Phi) is 3.69. The van der Waals surface area contributed by atoms with Crippen molar-refractivity contribution in [3.8, 4) is 11.7 Å². The molecule has 4 heterocycles. The van der Waals surface area contributed by atoms with E-state index in [9.17, 15) is 4.79 Å². The van der Waals surface area contributed by atoms with Crippen molar-refractivity contribution in [3.05, 3.63) is 29.9 Å². The predicted octanol–water partition coefficient (Wildman–Crippen LogP) is 2.14. The van der Waals surface area contributed by atoms with E-state index in [4.69, 9.17) is 8.83 Å². The van der Waals surface area contributed by atoms with E-state index >= 15 is 0 Å². The summed E-state index contributed by atoms with van der Waals surface area (Å²) in [5.41, 5.74) is 0.698. The molecule has 6 heteroatoms. The number of carbonyl (C=O) groups is 1. The second kappa shape index (κ2) is 5.85. The van der Waals surface area contributed by atoms with E-state index < -0.39 is 0 Å². The fraction of sp³-hybridized carbons (Fsp3) is 0.529. The van der Waals surface area contributed by atoms with E-state index in [-0.39, 0.29) is 12.3 Å². The highest BCUT2D eigenvalue weighted by molar-refractivity contribution is 5.78. The molecule has 0 aromatic carbocycles. The number of aryl methyl sites for hydroxylation is 1. The number of hydrogen-bond donors (Lipinski definition) is 1. The number of rotatable bonds is 3. The van der Waals surface area contributed by atoms with Gasteiger partial charge in [-0.25, -0.2) is 4.98 Å². The second-order valence-corrected chi connectivity index (χ2v) is 6.44. The Morgan fingerprint density at radius 2 is 2.26 bits per heavy atom. The predicted molar refractivity (Wildman–Crippen MR) is 83.8 cm³/mol. The first-order chi connectivity index (χ1) is 11.2. The maximum atomic E-state index is 12.6. The van der Waals surface area contributed by atoms with Crippen LogP contribution in [0.5, 0.6) is 0 Å². The van der Waals surface area contributed by atoms with E-state index in [1.807, 2.05) is 11.8 Å². The number of nitrogens with zero attached hydrogens (tertiary/aromatic N) is 2. The SMILES string of the molecule is Cc1oc(-c2ccco2)nc1CC(=O)N1CCC2CCC(C1)N2. The molecule has 2 aliphatic heterocycles. The summed E-state index contributed by atoms with van der Waals surface area (Å²) in [4.78, 5) is 19.0. The van der Waals surface area contributed by atoms with Crippen LogP contribution in [0.3, 0.4) is 0 Å². The first kappa shape index (κ1) is 14.5. The molecular formula is C17H21N3O3. The van der Waals surface area contributed by atoms with E-state index in [0.29, 0.717) is 35.2 Å². The lowest BCUT2D eigenvalue weighted by atomic mass is 10.1. The molecule has 2 bridgehead atoms. The van der Waals surface area contributed by atoms with Crippen LogP contribution in [0.1, 0.15) is 30.7 Å². The van der Waals surface area contributed by atoms with Crippen LogP contribution >= 0.6 is 0 Å². The fourth-order valence-electron chi connectivity index (χ4n) is 3.52. The van der Waals surface area contributed by atoms with Gasteiger partial charge in [0, 0.05) is 25.2 Å². The van der Waals surface area contributed by atoms with Crippen LogP contribution in [0, 0.1) is 6.92 Å². The molecule has 2 aliphatic rings. The Labute approximate surface area is 134 Å². The van der Waals surface area contributed by atoms with Gasteiger partial charge in [-0.2, -0.15) is 0 Å². The van der Waals surface area contributed by atoms with Crippen molar-refractivity contribution in [2.75, 3.05) is 13.1 Å². The zero-order valence-electron chi connectivity index (χ0n) is 13.2. The van der Waals surface area contributed by atoms with Crippen molar-refractivity contribution >= 4 is 5.91 Å². The molecule has 0 aliphatic carbocycles. The quantitative estimate of drug-likeness (QED) is 0.939. The minimum Gasteiger partial charge on any atom is -0.459 e. The third-order valence-electron chi connectivity index (χ3n) is 4.82. The molecule has 1 amide bonds. The number of amides is 1. The summed E-state index contributed by atoms with van der Waals surface area (Å²) >= 11 is 0. The molecule has 1 N–H and O–H groups in total. The van der Waals surface area contributed by atoms with Crippen molar-refractivity contribution in [1.82, 2.24) is 15.2 Å². The molecule has 23 heavy (non-hydrogen) atoms. The minimum atomic E-state index is 0.127. The zero-order chi connectivity index (χ0) is 15.8. The van der Waals surface area contributed by atoms with E-state index in [1.165, 1.54) is 12.8 Å². The van der Waals surface area contributed by atoms with Crippen LogP contribution in [-0.4, -0.2) is 41.0 Å². The molecule has 6 nitrogen and oxygen atoms in total. The van der Waals surface area contributed by atoms with Gasteiger partial charge in [-0.05, 0) is 38.3 Å². The van der Waals surface area contributed by atoms with Gasteiger partial charge in [0.05, 0.1) is 18.4 Å². The molecule has 0 saturated carbocycles. The van der Waals surface area contributed by atoms with Gasteiger partial charge in [-0.1, -0.05) is 0 Å². The lowest BCUT2D eigenvalue weighted by Gasteiger charge is -2.24. The highest BCUT2D eigenvalue weighted by Crippen LogP contribution is 2.24. The molecule has 4 rings (SSSR count). The lowest BCUT2D eigenvalue weighted by Crippen LogP contribution is -2.39. The van der Waals surface area contributed by atoms with Crippen LogP contribution in [0.25, 0.3) is 11.7 Å². The fourth-order valence-corrected chi connectivity index (χ4v) is 3.52. The van der Waals surface area contributed by atoms with Crippen LogP contribution in [-0.2, 0) is 11.2 Å². The molecule has 2 aromatic rings. The Morgan fingerprint density at radius 3 is 3.09 bits per heavy atom. The number of aromatic nitrogens is 1. The average Bonchev–Trinajstić information content (AvgIpc) is 3.21. The van der Waals surface area contributed by atoms with Crippen molar-refractivity contribution in [2.45, 2.75) is 44.7 Å². The molecule has 0 radical (unpaired) electrons. The van der Waals surface area contributed by atoms with Crippen LogP contribution in [0.4, 0.5) is 0 Å². The molecule has 2 fully saturated rings. The van der Waals surface area contributed by atoms with Gasteiger partial charge >= 0.3 is 0 Å². The van der Waals surface area contributed by atoms with Gasteiger partial charge < -0.3 is 19.1 Å². The summed E-state index contributed by atoms with van der Waals surface area (Å²) in [6.07, 6.45) is 5.31. The standard InChI is InChI=1S/C17H21N3O3/c1-11-14(19-17(23-11)15-3-2-8-22-15)9-16(21)20-7-6-12-4-5-13(10-20)18-12/h2-3,8,12-13,18H,4-7,9-10H2,1H3. The number of carbonyl (C=O) groups excluding carboxylic acids is 1. The van der Waals surface area contributed by atoms with Gasteiger partial charge in [0.1, 0.15) is 5.76 Å². The maximum absolute atomic E-state index is 12.6. The smallest absolute Gasteiger partial charge is 0.263 e. The summed E-state index contributed by atoms with van der Waals surface area (Å²) in [7, 11) is 0. The monoisotopic (exact) mass is 315 g/mol. The first-order valence-corrected chi connectivity index (χ1v) is 8.23. The third-order valence-corrected chi connectivity index (χ3v) is 4.82. The largest absolute Gasteiger partial charge is 0.459 e. The number of nitrogens with one attached hydrogen (secondary N) is 1. The molecule has 122 valence electrons. The van der Waals surface area contributed by atoms with E-state index in [0.717, 1.165) is 19.5 Å². The Hall–Kier alpha value is -2.08. The molecule has 2 atom stereocenters. The first-order valence-electron chi connectivity index (χ1n) is 8.23. The number of fused-ring (bicyclic) bond motifs is 2. The average molecular weight is 315 g/mol. The second-order valence-electron chi connectivity index (χ2n) is 6.44. The number of furan rings is 1. The van der Waals surface area contributed by atoms with Crippen LogP contribution < -0.4 is 5.32 Å². The van der Waals surface area contributed by atoms with Crippen molar-refractivity contribution in [3.63, 3.8) is 0 Å². The molecular weight excluding hydrogens is 294 g/mol. The topological polar surface area (TPSA) is 71.5 Å². The van der Waals surface area contributed by atoms with Gasteiger partial charge in [0.15, 0.2) is 5.76 Å². The van der Waals surface area contributed by atoms with Crippen LogP contribution in [0.2, 0.25) is 0 Å². The van der Waals surface area contributed by atoms with E-state index in [2.05, 4.69) is 10.3 Å². The highest BCUT2D eigenvalue weighted by atomic mass is 16.4. The summed E-state index contributed by atoms with van der Waals surface area (Å²) in [6.45, 7) is 3.47. The van der Waals surface area contributed by atoms with Gasteiger partial charge in [-0.3, -0.25) is 4.79 Å². The van der Waals surface area contributed by atoms with Gasteiger partial charge in [0.2, 0.25) is 5.91 Å². The number of oxazole rings is 1. The Balaban J connectivity index is 1.46. The zero-order valence-corrected chi connectivity index (χ0v) is 13.2. The lowest BCUT2D eigenvalue weighted by molar-refractivity contribution is -0.130. The van der Waals surface area contributed by atoms with Crippen molar-refractivity contribution in [1.29, 1.82) is 0 Å². The van der Waals surface area contributed by atoms with Crippen molar-refractivity contribution < 1.29 is 13.6 Å². The molecule has 0 spiro atoms. The maximum Gasteiger partial charge on any atom is 0.263 e. The van der Waals surface area contributed by atoms with E-state index in [1.54, 1.807) is 18.4 Å². The highest BCUT2D eigenvalue weighted by Gasteiger charge is 2.31. The van der Waals surface area contributed by atoms with Gasteiger partial charge in [0.25, 0.3) is 5.89 Å². The van der Waals surface area contributed by atoms with Crippen LogP contribution in [0.15, 0.2) is 27.2 Å². The summed E-state index contributed by atoms with van der Waals surface area (Å²) in [6, 6.07) is 4.62. The summed E-state index contributed by atoms with van der Waals surface area (Å²) < 4.78 is 10.9. The molecule has 2 unspecified atom stereocenters. The van der Waals surface area contributed by atoms with Crippen molar-refractivity contribution in [2.24, 2.45) is 0 Å². The summed E-state index contributed by atoms with van der Waals surface area (Å²) in [5, 5.41) is 3.60. The minimum absolute atomic E-state index is 0.127. The third kappa shape index (κ3) is 2.91. The normalized spacial score (nSPS) is 24.0. The Bertz CT molecular complexity index is 692. The van der Waals surface area contributed by atoms with Gasteiger partial charge in [-0.15, -0.1) is 0 Å². The number of hydrogen-bond acceptors (Lipinski definition) is 5. The molecule has 2 aromatic heterocycles. The summed E-state index contributed by atoms with van der Waals surface area (Å²) in [5.74, 6) is 1.83. The molecule has 2 saturated heterocycles.